The highest BCUT2D eigenvalue weighted by Crippen LogP contribution is 2.17. The molecule has 0 spiro atoms. The summed E-state index contributed by atoms with van der Waals surface area (Å²) in [5.41, 5.74) is 5.70. The fraction of sp³-hybridized carbons (Fsp3) is 0.929. The van der Waals surface area contributed by atoms with E-state index in [-0.39, 0.29) is 24.2 Å². The Hall–Kier alpha value is -0.650. The molecule has 2 N–H and O–H groups in total. The molecule has 2 aliphatic rings. The second-order valence-electron chi connectivity index (χ2n) is 5.82. The van der Waals surface area contributed by atoms with E-state index in [4.69, 9.17) is 10.5 Å². The molecule has 0 aromatic heterocycles. The van der Waals surface area contributed by atoms with Crippen LogP contribution in [-0.2, 0) is 9.53 Å². The summed E-state index contributed by atoms with van der Waals surface area (Å²) in [6.07, 6.45) is 3.74. The number of morpholine rings is 1. The molecule has 110 valence electrons. The normalized spacial score (nSPS) is 31.2. The van der Waals surface area contributed by atoms with Crippen LogP contribution in [0.4, 0.5) is 0 Å². The molecule has 2 fully saturated rings. The SMILES string of the molecule is CC1CN(C(C)C(=O)N2CCCCC2)CC(CN)O1. The van der Waals surface area contributed by atoms with Crippen LogP contribution >= 0.6 is 0 Å². The Labute approximate surface area is 116 Å². The van der Waals surface area contributed by atoms with Gasteiger partial charge >= 0.3 is 0 Å². The molecule has 2 heterocycles. The van der Waals surface area contributed by atoms with E-state index in [1.807, 2.05) is 18.7 Å². The number of nitrogens with two attached hydrogens (primary N) is 1. The van der Waals surface area contributed by atoms with Crippen molar-refractivity contribution < 1.29 is 9.53 Å². The molecule has 0 radical (unpaired) electrons. The zero-order chi connectivity index (χ0) is 13.8. The van der Waals surface area contributed by atoms with Gasteiger partial charge in [0.05, 0.1) is 18.2 Å². The van der Waals surface area contributed by atoms with Gasteiger partial charge in [0, 0.05) is 32.7 Å². The molecule has 0 bridgehead atoms. The first-order valence-corrected chi connectivity index (χ1v) is 7.50. The first-order valence-electron chi connectivity index (χ1n) is 7.50. The number of carbonyl (C=O) groups is 1. The van der Waals surface area contributed by atoms with Crippen LogP contribution in [0, 0.1) is 0 Å². The average molecular weight is 269 g/mol. The van der Waals surface area contributed by atoms with Gasteiger partial charge in [-0.3, -0.25) is 9.69 Å². The standard InChI is InChI=1S/C14H27N3O2/c1-11-9-17(10-13(8-15)19-11)12(2)14(18)16-6-4-3-5-7-16/h11-13H,3-10,15H2,1-2H3. The highest BCUT2D eigenvalue weighted by Gasteiger charge is 2.32. The Morgan fingerprint density at radius 2 is 2.00 bits per heavy atom. The van der Waals surface area contributed by atoms with Gasteiger partial charge in [-0.15, -0.1) is 0 Å². The summed E-state index contributed by atoms with van der Waals surface area (Å²) >= 11 is 0. The van der Waals surface area contributed by atoms with Crippen molar-refractivity contribution in [1.82, 2.24) is 9.80 Å². The van der Waals surface area contributed by atoms with Gasteiger partial charge in [-0.05, 0) is 33.1 Å². The van der Waals surface area contributed by atoms with Crippen LogP contribution in [0.2, 0.25) is 0 Å². The molecule has 1 amide bonds. The van der Waals surface area contributed by atoms with Crippen molar-refractivity contribution >= 4 is 5.91 Å². The molecule has 2 aliphatic heterocycles. The van der Waals surface area contributed by atoms with E-state index >= 15 is 0 Å². The van der Waals surface area contributed by atoms with Crippen molar-refractivity contribution in [3.8, 4) is 0 Å². The Bertz CT molecular complexity index is 305. The second kappa shape index (κ2) is 6.68. The third-order valence-corrected chi connectivity index (χ3v) is 4.19. The summed E-state index contributed by atoms with van der Waals surface area (Å²) in [6.45, 7) is 8.01. The van der Waals surface area contributed by atoms with Gasteiger partial charge in [0.25, 0.3) is 0 Å². The quantitative estimate of drug-likeness (QED) is 0.807. The molecule has 0 aromatic carbocycles. The van der Waals surface area contributed by atoms with Gasteiger partial charge in [0.2, 0.25) is 5.91 Å². The van der Waals surface area contributed by atoms with E-state index in [1.54, 1.807) is 0 Å². The number of rotatable bonds is 3. The minimum atomic E-state index is -0.0569. The number of likely N-dealkylation sites (tertiary alicyclic amines) is 1. The maximum Gasteiger partial charge on any atom is 0.239 e. The van der Waals surface area contributed by atoms with Crippen LogP contribution in [0.5, 0.6) is 0 Å². The minimum absolute atomic E-state index is 0.0559. The van der Waals surface area contributed by atoms with E-state index in [1.165, 1.54) is 6.42 Å². The third-order valence-electron chi connectivity index (χ3n) is 4.19. The summed E-state index contributed by atoms with van der Waals surface area (Å²) in [7, 11) is 0. The van der Waals surface area contributed by atoms with E-state index < -0.39 is 0 Å². The molecule has 0 aromatic rings. The Kier molecular flexibility index (Phi) is 5.19. The highest BCUT2D eigenvalue weighted by atomic mass is 16.5. The number of piperidine rings is 1. The summed E-state index contributed by atoms with van der Waals surface area (Å²) in [6, 6.07) is -0.0569. The molecule has 0 aliphatic carbocycles. The Morgan fingerprint density at radius 1 is 1.32 bits per heavy atom. The van der Waals surface area contributed by atoms with Gasteiger partial charge in [-0.1, -0.05) is 0 Å². The highest BCUT2D eigenvalue weighted by molar-refractivity contribution is 5.81. The number of hydrogen-bond donors (Lipinski definition) is 1. The third kappa shape index (κ3) is 3.68. The van der Waals surface area contributed by atoms with Crippen LogP contribution in [-0.4, -0.2) is 66.7 Å². The lowest BCUT2D eigenvalue weighted by molar-refractivity contribution is -0.143. The van der Waals surface area contributed by atoms with Crippen molar-refractivity contribution in [3.05, 3.63) is 0 Å². The molecule has 0 saturated carbocycles. The van der Waals surface area contributed by atoms with E-state index in [9.17, 15) is 4.79 Å². The van der Waals surface area contributed by atoms with E-state index in [0.717, 1.165) is 39.0 Å². The summed E-state index contributed by atoms with van der Waals surface area (Å²) in [5.74, 6) is 0.268. The van der Waals surface area contributed by atoms with Crippen molar-refractivity contribution in [1.29, 1.82) is 0 Å². The van der Waals surface area contributed by atoms with E-state index in [0.29, 0.717) is 6.54 Å². The monoisotopic (exact) mass is 269 g/mol. The van der Waals surface area contributed by atoms with Crippen LogP contribution in [0.3, 0.4) is 0 Å². The topological polar surface area (TPSA) is 58.8 Å². The van der Waals surface area contributed by atoms with Gasteiger partial charge in [-0.2, -0.15) is 0 Å². The zero-order valence-electron chi connectivity index (χ0n) is 12.2. The molecule has 19 heavy (non-hydrogen) atoms. The fourth-order valence-electron chi connectivity index (χ4n) is 3.06. The minimum Gasteiger partial charge on any atom is -0.371 e. The molecule has 3 atom stereocenters. The van der Waals surface area contributed by atoms with Gasteiger partial charge < -0.3 is 15.4 Å². The summed E-state index contributed by atoms with van der Waals surface area (Å²) in [4.78, 5) is 16.8. The Morgan fingerprint density at radius 3 is 2.63 bits per heavy atom. The molecule has 3 unspecified atom stereocenters. The maximum atomic E-state index is 12.5. The molecule has 2 saturated heterocycles. The average Bonchev–Trinajstić information content (AvgIpc) is 2.46. The molecule has 2 rings (SSSR count). The van der Waals surface area contributed by atoms with Gasteiger partial charge in [0.1, 0.15) is 0 Å². The van der Waals surface area contributed by atoms with Crippen molar-refractivity contribution in [2.75, 3.05) is 32.7 Å². The lowest BCUT2D eigenvalue weighted by atomic mass is 10.1. The predicted molar refractivity (Wildman–Crippen MR) is 74.9 cm³/mol. The second-order valence-corrected chi connectivity index (χ2v) is 5.82. The lowest BCUT2D eigenvalue weighted by Gasteiger charge is -2.41. The lowest BCUT2D eigenvalue weighted by Crippen LogP contribution is -2.56. The number of carbonyl (C=O) groups excluding carboxylic acids is 1. The number of ether oxygens (including phenoxy) is 1. The summed E-state index contributed by atoms with van der Waals surface area (Å²) in [5, 5.41) is 0. The predicted octanol–water partition coefficient (Wildman–Crippen LogP) is 0.435. The first-order chi connectivity index (χ1) is 9.11. The smallest absolute Gasteiger partial charge is 0.239 e. The van der Waals surface area contributed by atoms with Crippen molar-refractivity contribution in [2.24, 2.45) is 5.73 Å². The maximum absolute atomic E-state index is 12.5. The Balaban J connectivity index is 1.93. The van der Waals surface area contributed by atoms with Gasteiger partial charge in [0.15, 0.2) is 0 Å². The molecular weight excluding hydrogens is 242 g/mol. The van der Waals surface area contributed by atoms with Crippen molar-refractivity contribution in [3.63, 3.8) is 0 Å². The molecule has 5 heteroatoms. The van der Waals surface area contributed by atoms with Crippen LogP contribution in [0.1, 0.15) is 33.1 Å². The number of nitrogens with zero attached hydrogens (tertiary/aromatic N) is 2. The van der Waals surface area contributed by atoms with E-state index in [2.05, 4.69) is 4.90 Å². The molecule has 5 nitrogen and oxygen atoms in total. The molecular formula is C14H27N3O2. The number of amides is 1. The van der Waals surface area contributed by atoms with Crippen LogP contribution < -0.4 is 5.73 Å². The van der Waals surface area contributed by atoms with Gasteiger partial charge in [-0.25, -0.2) is 0 Å². The van der Waals surface area contributed by atoms with Crippen LogP contribution in [0.15, 0.2) is 0 Å². The van der Waals surface area contributed by atoms with Crippen LogP contribution in [0.25, 0.3) is 0 Å². The first kappa shape index (κ1) is 14.8. The number of hydrogen-bond acceptors (Lipinski definition) is 4. The zero-order valence-corrected chi connectivity index (χ0v) is 12.2. The van der Waals surface area contributed by atoms with Crippen molar-refractivity contribution in [2.45, 2.75) is 51.4 Å². The largest absolute Gasteiger partial charge is 0.371 e. The summed E-state index contributed by atoms with van der Waals surface area (Å²) < 4.78 is 5.75. The fourth-order valence-corrected chi connectivity index (χ4v) is 3.06.